The quantitative estimate of drug-likeness (QED) is 0.830. The minimum atomic E-state index is -0.203. The molecule has 0 radical (unpaired) electrons. The van der Waals surface area contributed by atoms with E-state index in [1.807, 2.05) is 37.3 Å². The Morgan fingerprint density at radius 3 is 2.91 bits per heavy atom. The van der Waals surface area contributed by atoms with Crippen LogP contribution in [-0.4, -0.2) is 17.5 Å². The average Bonchev–Trinajstić information content (AvgIpc) is 2.53. The molecular formula is C17H17ClN2O2. The van der Waals surface area contributed by atoms with Crippen LogP contribution in [0.5, 0.6) is 5.88 Å². The van der Waals surface area contributed by atoms with E-state index in [2.05, 4.69) is 10.3 Å². The zero-order valence-electron chi connectivity index (χ0n) is 12.3. The van der Waals surface area contributed by atoms with Gasteiger partial charge in [0.15, 0.2) is 0 Å². The van der Waals surface area contributed by atoms with Crippen LogP contribution in [0.25, 0.3) is 6.08 Å². The number of carbonyl (C=O) groups is 1. The summed E-state index contributed by atoms with van der Waals surface area (Å²) in [5, 5.41) is 3.41. The lowest BCUT2D eigenvalue weighted by Crippen LogP contribution is -2.20. The fourth-order valence-corrected chi connectivity index (χ4v) is 2.04. The third kappa shape index (κ3) is 4.60. The molecule has 1 N–H and O–H groups in total. The van der Waals surface area contributed by atoms with Gasteiger partial charge >= 0.3 is 0 Å². The molecule has 2 rings (SSSR count). The van der Waals surface area contributed by atoms with E-state index in [1.165, 1.54) is 6.08 Å². The van der Waals surface area contributed by atoms with Crippen LogP contribution >= 0.6 is 11.6 Å². The standard InChI is InChI=1S/C17H17ClN2O2/c1-2-22-17-14(7-5-11-19-17)12-20-16(21)10-9-13-6-3-4-8-15(13)18/h3-11H,2,12H2,1H3,(H,20,21)/b10-9+. The summed E-state index contributed by atoms with van der Waals surface area (Å²) in [4.78, 5) is 16.0. The molecule has 1 aromatic heterocycles. The number of nitrogens with one attached hydrogen (secondary N) is 1. The number of benzene rings is 1. The molecule has 0 saturated heterocycles. The summed E-state index contributed by atoms with van der Waals surface area (Å²) in [6.07, 6.45) is 4.80. The Morgan fingerprint density at radius 1 is 1.32 bits per heavy atom. The topological polar surface area (TPSA) is 51.2 Å². The third-order valence-corrected chi connectivity index (χ3v) is 3.25. The van der Waals surface area contributed by atoms with E-state index < -0.39 is 0 Å². The van der Waals surface area contributed by atoms with E-state index in [0.717, 1.165) is 11.1 Å². The SMILES string of the molecule is CCOc1ncccc1CNC(=O)/C=C/c1ccccc1Cl. The zero-order valence-corrected chi connectivity index (χ0v) is 13.0. The molecule has 0 unspecified atom stereocenters. The summed E-state index contributed by atoms with van der Waals surface area (Å²) in [5.41, 5.74) is 1.64. The highest BCUT2D eigenvalue weighted by Crippen LogP contribution is 2.16. The first-order valence-corrected chi connectivity index (χ1v) is 7.35. The van der Waals surface area contributed by atoms with Gasteiger partial charge < -0.3 is 10.1 Å². The largest absolute Gasteiger partial charge is 0.478 e. The molecule has 22 heavy (non-hydrogen) atoms. The van der Waals surface area contributed by atoms with E-state index in [9.17, 15) is 4.79 Å². The van der Waals surface area contributed by atoms with E-state index in [4.69, 9.17) is 16.3 Å². The summed E-state index contributed by atoms with van der Waals surface area (Å²) in [6, 6.07) is 11.0. The molecule has 0 aliphatic heterocycles. The number of amides is 1. The Labute approximate surface area is 134 Å². The summed E-state index contributed by atoms with van der Waals surface area (Å²) in [5.74, 6) is 0.339. The molecule has 1 heterocycles. The van der Waals surface area contributed by atoms with Gasteiger partial charge in [-0.15, -0.1) is 0 Å². The van der Waals surface area contributed by atoms with Gasteiger partial charge in [-0.25, -0.2) is 4.98 Å². The third-order valence-electron chi connectivity index (χ3n) is 2.90. The first-order chi connectivity index (χ1) is 10.7. The Morgan fingerprint density at radius 2 is 2.14 bits per heavy atom. The Kier molecular flexibility index (Phi) is 5.98. The second kappa shape index (κ2) is 8.20. The lowest BCUT2D eigenvalue weighted by Gasteiger charge is -2.08. The van der Waals surface area contributed by atoms with Crippen molar-refractivity contribution in [2.24, 2.45) is 0 Å². The van der Waals surface area contributed by atoms with Crippen molar-refractivity contribution in [3.63, 3.8) is 0 Å². The van der Waals surface area contributed by atoms with Crippen molar-refractivity contribution in [2.45, 2.75) is 13.5 Å². The minimum absolute atomic E-state index is 0.203. The van der Waals surface area contributed by atoms with Crippen LogP contribution in [0, 0.1) is 0 Å². The summed E-state index contributed by atoms with van der Waals surface area (Å²) >= 11 is 6.03. The highest BCUT2D eigenvalue weighted by atomic mass is 35.5. The molecular weight excluding hydrogens is 300 g/mol. The van der Waals surface area contributed by atoms with Crippen LogP contribution in [0.2, 0.25) is 5.02 Å². The van der Waals surface area contributed by atoms with Gasteiger partial charge in [0.25, 0.3) is 0 Å². The zero-order chi connectivity index (χ0) is 15.8. The van der Waals surface area contributed by atoms with Gasteiger partial charge in [-0.3, -0.25) is 4.79 Å². The second-order valence-corrected chi connectivity index (χ2v) is 4.88. The van der Waals surface area contributed by atoms with Crippen LogP contribution in [-0.2, 0) is 11.3 Å². The summed E-state index contributed by atoms with van der Waals surface area (Å²) in [6.45, 7) is 2.78. The molecule has 4 nitrogen and oxygen atoms in total. The number of hydrogen-bond donors (Lipinski definition) is 1. The van der Waals surface area contributed by atoms with Crippen molar-refractivity contribution in [3.8, 4) is 5.88 Å². The predicted molar refractivity (Wildman–Crippen MR) is 87.7 cm³/mol. The van der Waals surface area contributed by atoms with Crippen LogP contribution in [0.3, 0.4) is 0 Å². The van der Waals surface area contributed by atoms with E-state index in [-0.39, 0.29) is 5.91 Å². The van der Waals surface area contributed by atoms with Gasteiger partial charge in [-0.05, 0) is 30.7 Å². The average molecular weight is 317 g/mol. The smallest absolute Gasteiger partial charge is 0.244 e. The highest BCUT2D eigenvalue weighted by molar-refractivity contribution is 6.32. The Bertz CT molecular complexity index is 671. The highest BCUT2D eigenvalue weighted by Gasteiger charge is 2.05. The van der Waals surface area contributed by atoms with Crippen LogP contribution in [0.4, 0.5) is 0 Å². The van der Waals surface area contributed by atoms with E-state index in [0.29, 0.717) is 24.1 Å². The van der Waals surface area contributed by atoms with Crippen LogP contribution in [0.15, 0.2) is 48.7 Å². The summed E-state index contributed by atoms with van der Waals surface area (Å²) in [7, 11) is 0. The lowest BCUT2D eigenvalue weighted by molar-refractivity contribution is -0.116. The van der Waals surface area contributed by atoms with Crippen molar-refractivity contribution < 1.29 is 9.53 Å². The van der Waals surface area contributed by atoms with Crippen molar-refractivity contribution >= 4 is 23.6 Å². The summed E-state index contributed by atoms with van der Waals surface area (Å²) < 4.78 is 5.42. The number of nitrogens with zero attached hydrogens (tertiary/aromatic N) is 1. The van der Waals surface area contributed by atoms with Gasteiger partial charge in [-0.2, -0.15) is 0 Å². The normalized spacial score (nSPS) is 10.6. The van der Waals surface area contributed by atoms with Crippen LogP contribution < -0.4 is 10.1 Å². The Balaban J connectivity index is 1.95. The Hall–Kier alpha value is -2.33. The van der Waals surface area contributed by atoms with Gasteiger partial charge in [0.1, 0.15) is 0 Å². The van der Waals surface area contributed by atoms with Gasteiger partial charge in [-0.1, -0.05) is 35.9 Å². The van der Waals surface area contributed by atoms with Crippen molar-refractivity contribution in [1.29, 1.82) is 0 Å². The monoisotopic (exact) mass is 316 g/mol. The van der Waals surface area contributed by atoms with Gasteiger partial charge in [0.2, 0.25) is 11.8 Å². The maximum Gasteiger partial charge on any atom is 0.244 e. The fraction of sp³-hybridized carbons (Fsp3) is 0.176. The van der Waals surface area contributed by atoms with Gasteiger partial charge in [0.05, 0.1) is 6.61 Å². The molecule has 1 amide bonds. The molecule has 0 aliphatic carbocycles. The first-order valence-electron chi connectivity index (χ1n) is 6.98. The van der Waals surface area contributed by atoms with Gasteiger partial charge in [0, 0.05) is 29.4 Å². The fourth-order valence-electron chi connectivity index (χ4n) is 1.84. The molecule has 0 bridgehead atoms. The molecule has 0 atom stereocenters. The number of pyridine rings is 1. The van der Waals surface area contributed by atoms with Crippen molar-refractivity contribution in [2.75, 3.05) is 6.61 Å². The molecule has 0 spiro atoms. The second-order valence-electron chi connectivity index (χ2n) is 4.47. The van der Waals surface area contributed by atoms with E-state index >= 15 is 0 Å². The van der Waals surface area contributed by atoms with E-state index in [1.54, 1.807) is 18.3 Å². The maximum absolute atomic E-state index is 11.9. The predicted octanol–water partition coefficient (Wildman–Crippen LogP) is 3.46. The molecule has 114 valence electrons. The maximum atomic E-state index is 11.9. The molecule has 1 aromatic carbocycles. The number of rotatable bonds is 6. The minimum Gasteiger partial charge on any atom is -0.478 e. The molecule has 2 aromatic rings. The van der Waals surface area contributed by atoms with Crippen molar-refractivity contribution in [1.82, 2.24) is 10.3 Å². The number of hydrogen-bond acceptors (Lipinski definition) is 3. The first kappa shape index (κ1) is 16.0. The number of halogens is 1. The lowest BCUT2D eigenvalue weighted by atomic mass is 10.2. The van der Waals surface area contributed by atoms with Crippen LogP contribution in [0.1, 0.15) is 18.1 Å². The molecule has 0 aliphatic rings. The molecule has 0 fully saturated rings. The molecule has 5 heteroatoms. The molecule has 0 saturated carbocycles. The number of ether oxygens (including phenoxy) is 1. The number of carbonyl (C=O) groups excluding carboxylic acids is 1. The number of aromatic nitrogens is 1. The van der Waals surface area contributed by atoms with Crippen molar-refractivity contribution in [3.05, 3.63) is 64.8 Å².